The molecule has 2 rings (SSSR count). The Morgan fingerprint density at radius 1 is 1.19 bits per heavy atom. The lowest BCUT2D eigenvalue weighted by molar-refractivity contribution is 0.0597. The maximum atomic E-state index is 14.2. The summed E-state index contributed by atoms with van der Waals surface area (Å²) in [6, 6.07) is 8.95. The predicted molar refractivity (Wildman–Crippen MR) is 76.0 cm³/mol. The van der Waals surface area contributed by atoms with Crippen molar-refractivity contribution >= 4 is 11.7 Å². The number of hydrogen-bond acceptors (Lipinski definition) is 3. The van der Waals surface area contributed by atoms with Gasteiger partial charge in [-0.3, -0.25) is 0 Å². The predicted octanol–water partition coefficient (Wildman–Crippen LogP) is 3.84. The Hall–Kier alpha value is -2.87. The van der Waals surface area contributed by atoms with Gasteiger partial charge in [-0.2, -0.15) is 0 Å². The first kappa shape index (κ1) is 14.5. The molecule has 0 radical (unpaired) electrons. The molecule has 0 saturated heterocycles. The molecule has 0 amide bonds. The highest BCUT2D eigenvalue weighted by Gasteiger charge is 2.18. The van der Waals surface area contributed by atoms with Gasteiger partial charge in [-0.05, 0) is 11.6 Å². The van der Waals surface area contributed by atoms with Crippen LogP contribution in [-0.2, 0) is 4.74 Å². The van der Waals surface area contributed by atoms with Gasteiger partial charge in [0.25, 0.3) is 0 Å². The van der Waals surface area contributed by atoms with Gasteiger partial charge in [-0.25, -0.2) is 14.0 Å². The van der Waals surface area contributed by atoms with E-state index in [1.54, 1.807) is 24.3 Å². The second kappa shape index (κ2) is 6.06. The fourth-order valence-corrected chi connectivity index (χ4v) is 1.93. The van der Waals surface area contributed by atoms with Crippen LogP contribution in [0.2, 0.25) is 0 Å². The summed E-state index contributed by atoms with van der Waals surface area (Å²) < 4.78 is 23.8. The fraction of sp³-hybridized carbons (Fsp3) is 0.125. The molecule has 0 aliphatic heterocycles. The molecule has 2 aromatic rings. The highest BCUT2D eigenvalue weighted by molar-refractivity contribution is 5.94. The molecule has 0 spiro atoms. The third kappa shape index (κ3) is 2.84. The highest BCUT2D eigenvalue weighted by atomic mass is 19.1. The zero-order valence-electron chi connectivity index (χ0n) is 11.5. The van der Waals surface area contributed by atoms with Crippen LogP contribution in [0.15, 0.2) is 36.4 Å². The fourth-order valence-electron chi connectivity index (χ4n) is 1.93. The normalized spacial score (nSPS) is 9.81. The van der Waals surface area contributed by atoms with Crippen molar-refractivity contribution in [2.45, 2.75) is 0 Å². The Morgan fingerprint density at radius 3 is 2.38 bits per heavy atom. The van der Waals surface area contributed by atoms with Crippen LogP contribution < -0.4 is 4.74 Å². The molecule has 0 fully saturated rings. The lowest BCUT2D eigenvalue weighted by Gasteiger charge is -2.11. The van der Waals surface area contributed by atoms with E-state index in [1.165, 1.54) is 20.3 Å². The molecule has 0 saturated carbocycles. The minimum absolute atomic E-state index is 0.112. The van der Waals surface area contributed by atoms with E-state index in [9.17, 15) is 9.18 Å². The topological polar surface area (TPSA) is 39.9 Å². The first-order chi connectivity index (χ1) is 10.1. The minimum Gasteiger partial charge on any atom is -0.496 e. The van der Waals surface area contributed by atoms with Gasteiger partial charge < -0.3 is 9.47 Å². The third-order valence-corrected chi connectivity index (χ3v) is 3.00. The lowest BCUT2D eigenvalue weighted by atomic mass is 10.0. The summed E-state index contributed by atoms with van der Waals surface area (Å²) in [6.45, 7) is 6.90. The summed E-state index contributed by atoms with van der Waals surface area (Å²) in [5, 5.41) is 0. The van der Waals surface area contributed by atoms with Gasteiger partial charge in [-0.1, -0.05) is 24.3 Å². The Labute approximate surface area is 121 Å². The third-order valence-electron chi connectivity index (χ3n) is 3.00. The number of rotatable bonds is 3. The lowest BCUT2D eigenvalue weighted by Crippen LogP contribution is -2.05. The number of esters is 1. The van der Waals surface area contributed by atoms with Crippen molar-refractivity contribution in [1.29, 1.82) is 0 Å². The van der Waals surface area contributed by atoms with Crippen LogP contribution in [0.3, 0.4) is 0 Å². The van der Waals surface area contributed by atoms with Crippen molar-refractivity contribution in [3.05, 3.63) is 59.2 Å². The number of carbonyl (C=O) groups is 1. The molecule has 2 aromatic carbocycles. The number of carbonyl (C=O) groups excluding carboxylic acids is 1. The van der Waals surface area contributed by atoms with Gasteiger partial charge in [0.1, 0.15) is 17.1 Å². The molecule has 0 heterocycles. The molecule has 4 nitrogen and oxygen atoms in total. The van der Waals surface area contributed by atoms with E-state index in [4.69, 9.17) is 11.3 Å². The van der Waals surface area contributed by atoms with E-state index in [0.717, 1.165) is 6.07 Å². The Morgan fingerprint density at radius 2 is 1.86 bits per heavy atom. The minimum atomic E-state index is -0.606. The van der Waals surface area contributed by atoms with Crippen molar-refractivity contribution in [1.82, 2.24) is 0 Å². The summed E-state index contributed by atoms with van der Waals surface area (Å²) >= 11 is 0. The van der Waals surface area contributed by atoms with Crippen molar-refractivity contribution in [3.8, 4) is 16.9 Å². The summed E-state index contributed by atoms with van der Waals surface area (Å²) in [7, 11) is 2.60. The van der Waals surface area contributed by atoms with E-state index in [0.29, 0.717) is 11.3 Å². The standard InChI is InChI=1S/C16H12FNO3/c1-18-11-6-4-10(5-7-11)12-8-13(16(19)21-3)15(20-2)9-14(12)17/h4-9H,2-3H3. The number of methoxy groups -OCH3 is 2. The van der Waals surface area contributed by atoms with E-state index < -0.39 is 11.8 Å². The molecule has 0 aliphatic carbocycles. The SMILES string of the molecule is [C-]#[N+]c1ccc(-c2cc(C(=O)OC)c(OC)cc2F)cc1. The van der Waals surface area contributed by atoms with Crippen molar-refractivity contribution in [2.24, 2.45) is 0 Å². The molecular formula is C16H12FNO3. The summed E-state index contributed by atoms with van der Waals surface area (Å²) in [5.41, 5.74) is 1.41. The number of nitrogens with zero attached hydrogens (tertiary/aromatic N) is 1. The van der Waals surface area contributed by atoms with Crippen molar-refractivity contribution in [3.63, 3.8) is 0 Å². The van der Waals surface area contributed by atoms with Crippen LogP contribution in [0.1, 0.15) is 10.4 Å². The van der Waals surface area contributed by atoms with Gasteiger partial charge in [0, 0.05) is 11.6 Å². The van der Waals surface area contributed by atoms with Gasteiger partial charge in [0.2, 0.25) is 0 Å². The monoisotopic (exact) mass is 285 g/mol. The van der Waals surface area contributed by atoms with E-state index >= 15 is 0 Å². The number of hydrogen-bond donors (Lipinski definition) is 0. The first-order valence-electron chi connectivity index (χ1n) is 6.04. The average Bonchev–Trinajstić information content (AvgIpc) is 2.53. The van der Waals surface area contributed by atoms with Gasteiger partial charge >= 0.3 is 5.97 Å². The number of benzene rings is 2. The molecule has 0 unspecified atom stereocenters. The van der Waals surface area contributed by atoms with E-state index in [1.807, 2.05) is 0 Å². The van der Waals surface area contributed by atoms with E-state index in [2.05, 4.69) is 9.58 Å². The van der Waals surface area contributed by atoms with Crippen LogP contribution in [0.5, 0.6) is 5.75 Å². The van der Waals surface area contributed by atoms with Crippen LogP contribution >= 0.6 is 0 Å². The van der Waals surface area contributed by atoms with Crippen LogP contribution in [0.25, 0.3) is 16.0 Å². The number of halogens is 1. The van der Waals surface area contributed by atoms with Gasteiger partial charge in [0.05, 0.1) is 20.8 Å². The van der Waals surface area contributed by atoms with Crippen LogP contribution in [0.4, 0.5) is 10.1 Å². The average molecular weight is 285 g/mol. The Bertz CT molecular complexity index is 718. The van der Waals surface area contributed by atoms with Crippen LogP contribution in [-0.4, -0.2) is 20.2 Å². The van der Waals surface area contributed by atoms with Crippen molar-refractivity contribution < 1.29 is 18.7 Å². The Kier molecular flexibility index (Phi) is 4.19. The van der Waals surface area contributed by atoms with Crippen molar-refractivity contribution in [2.75, 3.05) is 14.2 Å². The second-order valence-corrected chi connectivity index (χ2v) is 4.18. The maximum absolute atomic E-state index is 14.2. The largest absolute Gasteiger partial charge is 0.496 e. The molecule has 0 bridgehead atoms. The molecule has 0 atom stereocenters. The number of ether oxygens (including phenoxy) is 2. The molecular weight excluding hydrogens is 273 g/mol. The van der Waals surface area contributed by atoms with Gasteiger partial charge in [0.15, 0.2) is 5.69 Å². The highest BCUT2D eigenvalue weighted by Crippen LogP contribution is 2.31. The Balaban J connectivity index is 2.57. The first-order valence-corrected chi connectivity index (χ1v) is 6.04. The summed E-state index contributed by atoms with van der Waals surface area (Å²) in [5.74, 6) is -1.01. The molecule has 0 N–H and O–H groups in total. The molecule has 5 heteroatoms. The van der Waals surface area contributed by atoms with Crippen LogP contribution in [0, 0.1) is 12.4 Å². The maximum Gasteiger partial charge on any atom is 0.341 e. The van der Waals surface area contributed by atoms with E-state index in [-0.39, 0.29) is 16.9 Å². The molecule has 0 aromatic heterocycles. The summed E-state index contributed by atoms with van der Waals surface area (Å²) in [6.07, 6.45) is 0. The zero-order valence-corrected chi connectivity index (χ0v) is 11.5. The molecule has 106 valence electrons. The smallest absolute Gasteiger partial charge is 0.341 e. The second-order valence-electron chi connectivity index (χ2n) is 4.18. The molecule has 0 aliphatic rings. The molecule has 21 heavy (non-hydrogen) atoms. The summed E-state index contributed by atoms with van der Waals surface area (Å²) in [4.78, 5) is 15.0. The quantitative estimate of drug-likeness (QED) is 0.635. The zero-order chi connectivity index (χ0) is 15.4. The van der Waals surface area contributed by atoms with Gasteiger partial charge in [-0.15, -0.1) is 0 Å².